The molecule has 1 fully saturated rings. The van der Waals surface area contributed by atoms with E-state index in [1.807, 2.05) is 18.5 Å². The van der Waals surface area contributed by atoms with Crippen molar-refractivity contribution >= 4 is 0 Å². The van der Waals surface area contributed by atoms with Crippen LogP contribution >= 0.6 is 0 Å². The van der Waals surface area contributed by atoms with Gasteiger partial charge in [-0.1, -0.05) is 36.4 Å². The largest absolute Gasteiger partial charge is 0.314 e. The first-order valence-corrected chi connectivity index (χ1v) is 8.09. The van der Waals surface area contributed by atoms with Crippen molar-refractivity contribution in [1.29, 1.82) is 0 Å². The Bertz CT molecular complexity index is 524. The van der Waals surface area contributed by atoms with Crippen molar-refractivity contribution < 1.29 is 0 Å². The highest BCUT2D eigenvalue weighted by atomic mass is 14.9. The van der Waals surface area contributed by atoms with Crippen molar-refractivity contribution in [3.05, 3.63) is 66.0 Å². The molecule has 0 saturated carbocycles. The van der Waals surface area contributed by atoms with Gasteiger partial charge in [-0.3, -0.25) is 4.98 Å². The molecular weight excluding hydrogens is 256 g/mol. The molecule has 1 saturated heterocycles. The molecule has 0 spiro atoms. The molecule has 21 heavy (non-hydrogen) atoms. The van der Waals surface area contributed by atoms with Gasteiger partial charge >= 0.3 is 0 Å². The van der Waals surface area contributed by atoms with E-state index in [0.717, 1.165) is 18.9 Å². The summed E-state index contributed by atoms with van der Waals surface area (Å²) < 4.78 is 0. The third-order valence-corrected chi connectivity index (χ3v) is 4.51. The molecule has 1 aromatic heterocycles. The fourth-order valence-corrected chi connectivity index (χ4v) is 3.35. The molecule has 0 radical (unpaired) electrons. The molecule has 0 bridgehead atoms. The van der Waals surface area contributed by atoms with Crippen molar-refractivity contribution in [3.63, 3.8) is 0 Å². The van der Waals surface area contributed by atoms with Crippen molar-refractivity contribution in [2.24, 2.45) is 0 Å². The SMILES string of the molecule is c1ccc(C2CCNC(CCCc3cccnc3)C2)cc1. The third-order valence-electron chi connectivity index (χ3n) is 4.51. The van der Waals surface area contributed by atoms with E-state index in [2.05, 4.69) is 46.7 Å². The average molecular weight is 280 g/mol. The standard InChI is InChI=1S/C19H24N2/c1-2-8-17(9-3-1)18-11-13-21-19(14-18)10-4-6-16-7-5-12-20-15-16/h1-3,5,7-9,12,15,18-19,21H,4,6,10-11,13-14H2. The van der Waals surface area contributed by atoms with Gasteiger partial charge in [0.25, 0.3) is 0 Å². The Hall–Kier alpha value is -1.67. The lowest BCUT2D eigenvalue weighted by molar-refractivity contribution is 0.342. The number of piperidine rings is 1. The second-order valence-corrected chi connectivity index (χ2v) is 6.04. The number of nitrogens with one attached hydrogen (secondary N) is 1. The second-order valence-electron chi connectivity index (χ2n) is 6.04. The van der Waals surface area contributed by atoms with Crippen LogP contribution in [-0.4, -0.2) is 17.6 Å². The molecule has 1 N–H and O–H groups in total. The first-order valence-electron chi connectivity index (χ1n) is 8.09. The lowest BCUT2D eigenvalue weighted by atomic mass is 9.85. The predicted molar refractivity (Wildman–Crippen MR) is 87.4 cm³/mol. The zero-order chi connectivity index (χ0) is 14.3. The van der Waals surface area contributed by atoms with Crippen LogP contribution in [0.2, 0.25) is 0 Å². The topological polar surface area (TPSA) is 24.9 Å². The molecule has 1 aromatic carbocycles. The van der Waals surface area contributed by atoms with Crippen LogP contribution in [0.15, 0.2) is 54.9 Å². The van der Waals surface area contributed by atoms with Crippen LogP contribution in [0.4, 0.5) is 0 Å². The second kappa shape index (κ2) is 7.37. The summed E-state index contributed by atoms with van der Waals surface area (Å²) in [6, 6.07) is 15.9. The van der Waals surface area contributed by atoms with Gasteiger partial charge in [0.1, 0.15) is 0 Å². The van der Waals surface area contributed by atoms with Crippen LogP contribution in [0, 0.1) is 0 Å². The van der Waals surface area contributed by atoms with E-state index in [1.54, 1.807) is 0 Å². The molecule has 0 aliphatic carbocycles. The Kier molecular flexibility index (Phi) is 5.01. The van der Waals surface area contributed by atoms with Gasteiger partial charge in [-0.25, -0.2) is 0 Å². The normalized spacial score (nSPS) is 22.1. The summed E-state index contributed by atoms with van der Waals surface area (Å²) in [5, 5.41) is 3.69. The maximum absolute atomic E-state index is 4.19. The summed E-state index contributed by atoms with van der Waals surface area (Å²) >= 11 is 0. The minimum atomic E-state index is 0.667. The van der Waals surface area contributed by atoms with E-state index in [9.17, 15) is 0 Å². The van der Waals surface area contributed by atoms with E-state index in [1.165, 1.54) is 36.8 Å². The van der Waals surface area contributed by atoms with Crippen molar-refractivity contribution in [3.8, 4) is 0 Å². The summed E-state index contributed by atoms with van der Waals surface area (Å²) in [5.74, 6) is 0.732. The molecule has 2 heteroatoms. The summed E-state index contributed by atoms with van der Waals surface area (Å²) in [6.45, 7) is 1.15. The average Bonchev–Trinajstić information content (AvgIpc) is 2.57. The van der Waals surface area contributed by atoms with Crippen LogP contribution in [0.3, 0.4) is 0 Å². The Morgan fingerprint density at radius 2 is 2.00 bits per heavy atom. The highest BCUT2D eigenvalue weighted by Crippen LogP contribution is 2.29. The van der Waals surface area contributed by atoms with Crippen molar-refractivity contribution in [2.75, 3.05) is 6.54 Å². The Morgan fingerprint density at radius 3 is 2.81 bits per heavy atom. The maximum Gasteiger partial charge on any atom is 0.0299 e. The van der Waals surface area contributed by atoms with E-state index in [0.29, 0.717) is 6.04 Å². The van der Waals surface area contributed by atoms with E-state index in [-0.39, 0.29) is 0 Å². The van der Waals surface area contributed by atoms with Gasteiger partial charge in [-0.05, 0) is 61.8 Å². The summed E-state index contributed by atoms with van der Waals surface area (Å²) in [5.41, 5.74) is 2.86. The van der Waals surface area contributed by atoms with Gasteiger partial charge in [-0.15, -0.1) is 0 Å². The van der Waals surface area contributed by atoms with Gasteiger partial charge in [-0.2, -0.15) is 0 Å². The molecular formula is C19H24N2. The van der Waals surface area contributed by atoms with Crippen LogP contribution < -0.4 is 5.32 Å². The van der Waals surface area contributed by atoms with Gasteiger partial charge in [0, 0.05) is 18.4 Å². The van der Waals surface area contributed by atoms with Crippen LogP contribution in [-0.2, 0) is 6.42 Å². The van der Waals surface area contributed by atoms with Gasteiger partial charge in [0.2, 0.25) is 0 Å². The number of aryl methyl sites for hydroxylation is 1. The number of hydrogen-bond acceptors (Lipinski definition) is 2. The summed E-state index contributed by atoms with van der Waals surface area (Å²) in [7, 11) is 0. The zero-order valence-corrected chi connectivity index (χ0v) is 12.5. The number of rotatable bonds is 5. The molecule has 2 nitrogen and oxygen atoms in total. The first kappa shape index (κ1) is 14.3. The highest BCUT2D eigenvalue weighted by Gasteiger charge is 2.22. The lowest BCUT2D eigenvalue weighted by Crippen LogP contribution is -2.37. The molecule has 3 rings (SSSR count). The molecule has 110 valence electrons. The highest BCUT2D eigenvalue weighted by molar-refractivity contribution is 5.20. The van der Waals surface area contributed by atoms with Crippen molar-refractivity contribution in [2.45, 2.75) is 44.1 Å². The molecule has 2 aromatic rings. The van der Waals surface area contributed by atoms with Crippen LogP contribution in [0.1, 0.15) is 42.7 Å². The number of benzene rings is 1. The van der Waals surface area contributed by atoms with Gasteiger partial charge < -0.3 is 5.32 Å². The van der Waals surface area contributed by atoms with Gasteiger partial charge in [0.05, 0.1) is 0 Å². The Labute approximate surface area is 127 Å². The Morgan fingerprint density at radius 1 is 1.10 bits per heavy atom. The van der Waals surface area contributed by atoms with Gasteiger partial charge in [0.15, 0.2) is 0 Å². The number of hydrogen-bond donors (Lipinski definition) is 1. The van der Waals surface area contributed by atoms with E-state index < -0.39 is 0 Å². The predicted octanol–water partition coefficient (Wildman–Crippen LogP) is 3.94. The minimum Gasteiger partial charge on any atom is -0.314 e. The molecule has 1 aliphatic heterocycles. The fourth-order valence-electron chi connectivity index (χ4n) is 3.35. The number of aromatic nitrogens is 1. The molecule has 2 unspecified atom stereocenters. The van der Waals surface area contributed by atoms with Crippen molar-refractivity contribution in [1.82, 2.24) is 10.3 Å². The lowest BCUT2D eigenvalue weighted by Gasteiger charge is -2.30. The molecule has 2 atom stereocenters. The molecule has 2 heterocycles. The monoisotopic (exact) mass is 280 g/mol. The summed E-state index contributed by atoms with van der Waals surface area (Å²) in [6.07, 6.45) is 10.0. The smallest absolute Gasteiger partial charge is 0.0299 e. The number of nitrogens with zero attached hydrogens (tertiary/aromatic N) is 1. The van der Waals surface area contributed by atoms with Crippen LogP contribution in [0.25, 0.3) is 0 Å². The zero-order valence-electron chi connectivity index (χ0n) is 12.5. The quantitative estimate of drug-likeness (QED) is 0.897. The first-order chi connectivity index (χ1) is 10.4. The third kappa shape index (κ3) is 4.15. The van der Waals surface area contributed by atoms with E-state index >= 15 is 0 Å². The summed E-state index contributed by atoms with van der Waals surface area (Å²) in [4.78, 5) is 4.19. The van der Waals surface area contributed by atoms with E-state index in [4.69, 9.17) is 0 Å². The maximum atomic E-state index is 4.19. The van der Waals surface area contributed by atoms with Crippen LogP contribution in [0.5, 0.6) is 0 Å². The molecule has 0 amide bonds. The minimum absolute atomic E-state index is 0.667. The Balaban J connectivity index is 1.48. The fraction of sp³-hybridized carbons (Fsp3) is 0.421. The molecule has 1 aliphatic rings. The number of pyridine rings is 1.